The molecule has 1 aliphatic rings. The molecular weight excluding hydrogens is 210 g/mol. The van der Waals surface area contributed by atoms with Gasteiger partial charge in [0.15, 0.2) is 0 Å². The van der Waals surface area contributed by atoms with Gasteiger partial charge in [0.25, 0.3) is 0 Å². The molecule has 3 atom stereocenters. The monoisotopic (exact) mass is 233 g/mol. The van der Waals surface area contributed by atoms with Crippen LogP contribution in [0.25, 0.3) is 0 Å². The van der Waals surface area contributed by atoms with Crippen LogP contribution >= 0.6 is 0 Å². The van der Waals surface area contributed by atoms with Crippen LogP contribution < -0.4 is 10.5 Å². The second-order valence-corrected chi connectivity index (χ2v) is 5.61. The molecule has 2 heteroatoms. The Hall–Kier alpha value is -1.02. The lowest BCUT2D eigenvalue weighted by molar-refractivity contribution is 0.193. The van der Waals surface area contributed by atoms with Gasteiger partial charge in [-0.05, 0) is 44.2 Å². The molecule has 1 aliphatic heterocycles. The van der Waals surface area contributed by atoms with Crippen molar-refractivity contribution in [3.63, 3.8) is 0 Å². The van der Waals surface area contributed by atoms with Gasteiger partial charge >= 0.3 is 0 Å². The molecule has 0 fully saturated rings. The molecule has 2 N–H and O–H groups in total. The second kappa shape index (κ2) is 5.09. The maximum absolute atomic E-state index is 5.97. The van der Waals surface area contributed by atoms with Crippen LogP contribution in [0.1, 0.15) is 37.8 Å². The first kappa shape index (κ1) is 12.4. The van der Waals surface area contributed by atoms with Gasteiger partial charge in [0, 0.05) is 12.5 Å². The van der Waals surface area contributed by atoms with E-state index in [9.17, 15) is 0 Å². The van der Waals surface area contributed by atoms with Crippen molar-refractivity contribution >= 4 is 0 Å². The maximum Gasteiger partial charge on any atom is 0.123 e. The molecule has 1 aromatic rings. The largest absolute Gasteiger partial charge is 0.490 e. The van der Waals surface area contributed by atoms with Crippen LogP contribution in [0.15, 0.2) is 18.2 Å². The summed E-state index contributed by atoms with van der Waals surface area (Å²) in [6, 6.07) is 6.75. The third-order valence-electron chi connectivity index (χ3n) is 3.40. The lowest BCUT2D eigenvalue weighted by Crippen LogP contribution is -2.23. The van der Waals surface area contributed by atoms with Gasteiger partial charge in [-0.15, -0.1) is 0 Å². The van der Waals surface area contributed by atoms with Crippen LogP contribution in [0, 0.1) is 12.8 Å². The summed E-state index contributed by atoms with van der Waals surface area (Å²) in [6.07, 6.45) is 3.59. The topological polar surface area (TPSA) is 35.2 Å². The molecule has 2 rings (SSSR count). The van der Waals surface area contributed by atoms with Gasteiger partial charge in [-0.1, -0.05) is 24.6 Å². The molecule has 1 heterocycles. The number of ether oxygens (including phenoxy) is 1. The van der Waals surface area contributed by atoms with E-state index in [-0.39, 0.29) is 6.04 Å². The van der Waals surface area contributed by atoms with Gasteiger partial charge < -0.3 is 10.5 Å². The number of benzene rings is 1. The second-order valence-electron chi connectivity index (χ2n) is 5.61. The van der Waals surface area contributed by atoms with Crippen LogP contribution in [0.5, 0.6) is 5.75 Å². The predicted octanol–water partition coefficient (Wildman–Crippen LogP) is 3.06. The van der Waals surface area contributed by atoms with E-state index in [0.717, 1.165) is 25.0 Å². The Kier molecular flexibility index (Phi) is 3.72. The highest BCUT2D eigenvalue weighted by atomic mass is 16.5. The van der Waals surface area contributed by atoms with Crippen molar-refractivity contribution in [2.24, 2.45) is 11.7 Å². The standard InChI is InChI=1S/C15H23NO/c1-10-4-5-15-13(7-10)9-14(17-15)8-11(2)6-12(3)16/h4-5,7,11-12,14H,6,8-9,16H2,1-3H3. The minimum Gasteiger partial charge on any atom is -0.490 e. The maximum atomic E-state index is 5.97. The zero-order valence-electron chi connectivity index (χ0n) is 11.1. The number of hydrogen-bond donors (Lipinski definition) is 1. The number of hydrogen-bond acceptors (Lipinski definition) is 2. The van der Waals surface area contributed by atoms with E-state index in [1.807, 2.05) is 0 Å². The Morgan fingerprint density at radius 1 is 1.41 bits per heavy atom. The first-order chi connectivity index (χ1) is 8.04. The smallest absolute Gasteiger partial charge is 0.123 e. The molecule has 94 valence electrons. The minimum atomic E-state index is 0.288. The van der Waals surface area contributed by atoms with Crippen molar-refractivity contribution in [3.05, 3.63) is 29.3 Å². The lowest BCUT2D eigenvalue weighted by Gasteiger charge is -2.18. The molecule has 0 bridgehead atoms. The quantitative estimate of drug-likeness (QED) is 0.867. The average molecular weight is 233 g/mol. The van der Waals surface area contributed by atoms with E-state index in [0.29, 0.717) is 12.0 Å². The van der Waals surface area contributed by atoms with Crippen molar-refractivity contribution in [3.8, 4) is 5.75 Å². The Morgan fingerprint density at radius 3 is 2.88 bits per heavy atom. The predicted molar refractivity (Wildman–Crippen MR) is 71.3 cm³/mol. The Bertz CT molecular complexity index is 387. The van der Waals surface area contributed by atoms with Crippen molar-refractivity contribution in [1.29, 1.82) is 0 Å². The minimum absolute atomic E-state index is 0.288. The normalized spacial score (nSPS) is 21.8. The summed E-state index contributed by atoms with van der Waals surface area (Å²) in [7, 11) is 0. The summed E-state index contributed by atoms with van der Waals surface area (Å²) in [4.78, 5) is 0. The van der Waals surface area contributed by atoms with E-state index < -0.39 is 0 Å². The highest BCUT2D eigenvalue weighted by Crippen LogP contribution is 2.32. The Labute approximate surface area is 104 Å². The molecule has 0 spiro atoms. The van der Waals surface area contributed by atoms with E-state index >= 15 is 0 Å². The average Bonchev–Trinajstić information content (AvgIpc) is 2.57. The first-order valence-electron chi connectivity index (χ1n) is 6.56. The Balaban J connectivity index is 1.92. The van der Waals surface area contributed by atoms with E-state index in [4.69, 9.17) is 10.5 Å². The van der Waals surface area contributed by atoms with E-state index in [2.05, 4.69) is 39.0 Å². The SMILES string of the molecule is Cc1ccc2c(c1)CC(CC(C)CC(C)N)O2. The van der Waals surface area contributed by atoms with Crippen molar-refractivity contribution in [2.75, 3.05) is 0 Å². The van der Waals surface area contributed by atoms with Gasteiger partial charge in [-0.2, -0.15) is 0 Å². The summed E-state index contributed by atoms with van der Waals surface area (Å²) in [5, 5.41) is 0. The summed E-state index contributed by atoms with van der Waals surface area (Å²) in [5.74, 6) is 1.71. The first-order valence-corrected chi connectivity index (χ1v) is 6.56. The summed E-state index contributed by atoms with van der Waals surface area (Å²) in [6.45, 7) is 6.47. The van der Waals surface area contributed by atoms with Gasteiger partial charge in [0.05, 0.1) is 0 Å². The van der Waals surface area contributed by atoms with Crippen LogP contribution in [0.4, 0.5) is 0 Å². The fourth-order valence-corrected chi connectivity index (χ4v) is 2.76. The fourth-order valence-electron chi connectivity index (χ4n) is 2.76. The molecule has 0 saturated heterocycles. The highest BCUT2D eigenvalue weighted by molar-refractivity contribution is 5.40. The number of rotatable bonds is 4. The van der Waals surface area contributed by atoms with Crippen molar-refractivity contribution < 1.29 is 4.74 Å². The molecule has 1 aromatic carbocycles. The molecule has 2 nitrogen and oxygen atoms in total. The molecule has 0 radical (unpaired) electrons. The third kappa shape index (κ3) is 3.22. The molecule has 17 heavy (non-hydrogen) atoms. The Morgan fingerprint density at radius 2 is 2.18 bits per heavy atom. The zero-order chi connectivity index (χ0) is 12.4. The third-order valence-corrected chi connectivity index (χ3v) is 3.40. The summed E-state index contributed by atoms with van der Waals surface area (Å²) < 4.78 is 5.97. The highest BCUT2D eigenvalue weighted by Gasteiger charge is 2.24. The molecular formula is C15H23NO. The zero-order valence-corrected chi connectivity index (χ0v) is 11.1. The van der Waals surface area contributed by atoms with Gasteiger partial charge in [-0.25, -0.2) is 0 Å². The van der Waals surface area contributed by atoms with E-state index in [1.54, 1.807) is 0 Å². The van der Waals surface area contributed by atoms with Crippen LogP contribution in [0.3, 0.4) is 0 Å². The molecule has 0 aliphatic carbocycles. The van der Waals surface area contributed by atoms with Crippen molar-refractivity contribution in [1.82, 2.24) is 0 Å². The van der Waals surface area contributed by atoms with Crippen LogP contribution in [0.2, 0.25) is 0 Å². The van der Waals surface area contributed by atoms with Crippen molar-refractivity contribution in [2.45, 2.75) is 52.2 Å². The summed E-state index contributed by atoms with van der Waals surface area (Å²) in [5.41, 5.74) is 8.51. The van der Waals surface area contributed by atoms with Crippen LogP contribution in [-0.4, -0.2) is 12.1 Å². The molecule has 3 unspecified atom stereocenters. The molecule has 0 amide bonds. The van der Waals surface area contributed by atoms with Crippen LogP contribution in [-0.2, 0) is 6.42 Å². The lowest BCUT2D eigenvalue weighted by atomic mass is 9.94. The van der Waals surface area contributed by atoms with Gasteiger partial charge in [-0.3, -0.25) is 0 Å². The van der Waals surface area contributed by atoms with E-state index in [1.165, 1.54) is 11.1 Å². The number of fused-ring (bicyclic) bond motifs is 1. The number of aryl methyl sites for hydroxylation is 1. The summed E-state index contributed by atoms with van der Waals surface area (Å²) >= 11 is 0. The number of nitrogens with two attached hydrogens (primary N) is 1. The molecule has 0 aromatic heterocycles. The molecule has 0 saturated carbocycles. The van der Waals surface area contributed by atoms with Gasteiger partial charge in [0.2, 0.25) is 0 Å². The fraction of sp³-hybridized carbons (Fsp3) is 0.600. The van der Waals surface area contributed by atoms with Gasteiger partial charge in [0.1, 0.15) is 11.9 Å².